The van der Waals surface area contributed by atoms with E-state index in [1.165, 1.54) is 9.80 Å². The molecule has 6 unspecified atom stereocenters. The molecule has 8 heteroatoms. The Bertz CT molecular complexity index is 1640. The highest BCUT2D eigenvalue weighted by Gasteiger charge is 2.67. The van der Waals surface area contributed by atoms with Gasteiger partial charge in [-0.25, -0.2) is 4.90 Å². The van der Waals surface area contributed by atoms with Gasteiger partial charge < -0.3 is 9.84 Å². The zero-order valence-electron chi connectivity index (χ0n) is 23.8. The van der Waals surface area contributed by atoms with Crippen LogP contribution in [-0.4, -0.2) is 41.9 Å². The van der Waals surface area contributed by atoms with Gasteiger partial charge in [0, 0.05) is 5.92 Å². The van der Waals surface area contributed by atoms with Gasteiger partial charge in [0.05, 0.1) is 41.2 Å². The van der Waals surface area contributed by atoms with Gasteiger partial charge in [-0.05, 0) is 67.6 Å². The number of carbonyl (C=O) groups is 4. The number of imide groups is 2. The number of carbonyl (C=O) groups excluding carboxylic acids is 4. The van der Waals surface area contributed by atoms with Crippen LogP contribution in [0.1, 0.15) is 31.2 Å². The summed E-state index contributed by atoms with van der Waals surface area (Å²) in [5, 5.41) is 9.17. The van der Waals surface area contributed by atoms with Crippen molar-refractivity contribution in [2.75, 3.05) is 23.0 Å². The third kappa shape index (κ3) is 4.00. The largest absolute Gasteiger partial charge is 0.491 e. The molecule has 8 nitrogen and oxygen atoms in total. The monoisotopic (exact) mass is 576 g/mol. The Balaban J connectivity index is 1.34. The lowest BCUT2D eigenvalue weighted by Crippen LogP contribution is -2.48. The van der Waals surface area contributed by atoms with Gasteiger partial charge in [0.1, 0.15) is 12.4 Å². The van der Waals surface area contributed by atoms with Gasteiger partial charge in [-0.1, -0.05) is 60.2 Å². The number of nitrogens with zero attached hydrogens (tertiary/aromatic N) is 2. The molecule has 6 atom stereocenters. The first-order valence-electron chi connectivity index (χ1n) is 14.8. The Labute approximate surface area is 249 Å². The summed E-state index contributed by atoms with van der Waals surface area (Å²) >= 11 is 0. The van der Waals surface area contributed by atoms with Crippen LogP contribution < -0.4 is 14.5 Å². The number of hydrogen-bond acceptors (Lipinski definition) is 6. The standard InChI is InChI=1S/C35H32N2O6/c1-35-28(32(40)37(34(35)42)23-10-6-3-7-11-23)20-27-25(30(35)21-12-14-24(15-13-21)43-19-18-38)16-17-26-29(27)33(41)36(31(26)39)22-8-4-2-5-9-22/h2-16,26-30,38H,17-20H2,1H3. The number of hydrogen-bond donors (Lipinski definition) is 1. The van der Waals surface area contributed by atoms with E-state index in [4.69, 9.17) is 9.84 Å². The first-order valence-corrected chi connectivity index (χ1v) is 14.8. The van der Waals surface area contributed by atoms with Crippen molar-refractivity contribution in [3.8, 4) is 5.75 Å². The molecule has 3 aromatic carbocycles. The van der Waals surface area contributed by atoms with E-state index in [2.05, 4.69) is 6.08 Å². The van der Waals surface area contributed by atoms with Crippen molar-refractivity contribution in [2.24, 2.45) is 29.1 Å². The molecule has 2 aliphatic heterocycles. The molecule has 0 bridgehead atoms. The second-order valence-corrected chi connectivity index (χ2v) is 12.0. The maximum atomic E-state index is 14.4. The summed E-state index contributed by atoms with van der Waals surface area (Å²) in [6.45, 7) is 1.93. The molecule has 43 heavy (non-hydrogen) atoms. The fourth-order valence-corrected chi connectivity index (χ4v) is 7.97. The SMILES string of the molecule is CC12C(=O)N(c3ccccc3)C(=O)C1CC1C(=CCC3C(=O)N(c4ccccc4)C(=O)C31)C2c1ccc(OCCO)cc1. The molecule has 2 heterocycles. The first-order chi connectivity index (χ1) is 20.9. The Hall–Kier alpha value is -4.56. The summed E-state index contributed by atoms with van der Waals surface area (Å²) in [6, 6.07) is 25.3. The predicted octanol–water partition coefficient (Wildman–Crippen LogP) is 4.49. The molecule has 0 aromatic heterocycles. The van der Waals surface area contributed by atoms with Crippen LogP contribution in [0, 0.1) is 29.1 Å². The molecular formula is C35H32N2O6. The zero-order valence-corrected chi connectivity index (χ0v) is 23.8. The average molecular weight is 577 g/mol. The van der Waals surface area contributed by atoms with E-state index in [1.54, 1.807) is 60.7 Å². The number of benzene rings is 3. The molecule has 3 aromatic rings. The summed E-state index contributed by atoms with van der Waals surface area (Å²) < 4.78 is 5.58. The van der Waals surface area contributed by atoms with Crippen molar-refractivity contribution >= 4 is 35.0 Å². The lowest BCUT2D eigenvalue weighted by molar-refractivity contribution is -0.131. The maximum Gasteiger partial charge on any atom is 0.241 e. The Morgan fingerprint density at radius 2 is 1.42 bits per heavy atom. The van der Waals surface area contributed by atoms with Crippen LogP contribution in [-0.2, 0) is 19.2 Å². The fourth-order valence-electron chi connectivity index (χ4n) is 7.97. The van der Waals surface area contributed by atoms with Gasteiger partial charge in [0.25, 0.3) is 0 Å². The van der Waals surface area contributed by atoms with Crippen LogP contribution in [0.25, 0.3) is 0 Å². The van der Waals surface area contributed by atoms with Crippen LogP contribution >= 0.6 is 0 Å². The first kappa shape index (κ1) is 27.3. The lowest BCUT2D eigenvalue weighted by Gasteiger charge is -2.49. The highest BCUT2D eigenvalue weighted by atomic mass is 16.5. The number of aliphatic hydroxyl groups is 1. The quantitative estimate of drug-likeness (QED) is 0.343. The summed E-state index contributed by atoms with van der Waals surface area (Å²) in [4.78, 5) is 58.9. The van der Waals surface area contributed by atoms with Gasteiger partial charge in [0.15, 0.2) is 0 Å². The van der Waals surface area contributed by atoms with Crippen LogP contribution in [0.3, 0.4) is 0 Å². The van der Waals surface area contributed by atoms with Crippen molar-refractivity contribution in [1.82, 2.24) is 0 Å². The van der Waals surface area contributed by atoms with Crippen LogP contribution in [0.15, 0.2) is 96.6 Å². The van der Waals surface area contributed by atoms with E-state index in [1.807, 2.05) is 31.2 Å². The number of para-hydroxylation sites is 2. The third-order valence-electron chi connectivity index (χ3n) is 9.88. The topological polar surface area (TPSA) is 104 Å². The van der Waals surface area contributed by atoms with Crippen molar-refractivity contribution in [2.45, 2.75) is 25.7 Å². The second kappa shape index (κ2) is 10.3. The van der Waals surface area contributed by atoms with Crippen molar-refractivity contribution in [1.29, 1.82) is 0 Å². The molecule has 2 saturated heterocycles. The predicted molar refractivity (Wildman–Crippen MR) is 159 cm³/mol. The van der Waals surface area contributed by atoms with Crippen LogP contribution in [0.4, 0.5) is 11.4 Å². The lowest BCUT2D eigenvalue weighted by atomic mass is 9.51. The fraction of sp³-hybridized carbons (Fsp3) is 0.314. The summed E-state index contributed by atoms with van der Waals surface area (Å²) in [7, 11) is 0. The summed E-state index contributed by atoms with van der Waals surface area (Å²) in [5.41, 5.74) is 1.76. The van der Waals surface area contributed by atoms with Gasteiger partial charge in [0.2, 0.25) is 23.6 Å². The minimum absolute atomic E-state index is 0.111. The van der Waals surface area contributed by atoms with E-state index in [9.17, 15) is 19.2 Å². The normalized spacial score (nSPS) is 29.7. The Kier molecular flexibility index (Phi) is 6.54. The Morgan fingerprint density at radius 1 is 0.791 bits per heavy atom. The summed E-state index contributed by atoms with van der Waals surface area (Å²) in [5.74, 6) is -3.07. The van der Waals surface area contributed by atoms with Crippen LogP contribution in [0.2, 0.25) is 0 Å². The van der Waals surface area contributed by atoms with Gasteiger partial charge >= 0.3 is 0 Å². The van der Waals surface area contributed by atoms with Crippen molar-refractivity contribution < 1.29 is 29.0 Å². The van der Waals surface area contributed by atoms with Crippen LogP contribution in [0.5, 0.6) is 5.75 Å². The van der Waals surface area contributed by atoms with Crippen molar-refractivity contribution in [3.63, 3.8) is 0 Å². The second-order valence-electron chi connectivity index (χ2n) is 12.0. The minimum Gasteiger partial charge on any atom is -0.491 e. The number of fused-ring (bicyclic) bond motifs is 4. The average Bonchev–Trinajstić information content (AvgIpc) is 3.40. The highest BCUT2D eigenvalue weighted by molar-refractivity contribution is 6.25. The molecular weight excluding hydrogens is 544 g/mol. The molecule has 2 aliphatic carbocycles. The van der Waals surface area contributed by atoms with E-state index in [0.717, 1.165) is 11.1 Å². The van der Waals surface area contributed by atoms with Crippen molar-refractivity contribution in [3.05, 3.63) is 102 Å². The number of amides is 4. The van der Waals surface area contributed by atoms with E-state index >= 15 is 0 Å². The zero-order chi connectivity index (χ0) is 29.9. The summed E-state index contributed by atoms with van der Waals surface area (Å²) in [6.07, 6.45) is 2.76. The van der Waals surface area contributed by atoms with Gasteiger partial charge in [-0.15, -0.1) is 0 Å². The maximum absolute atomic E-state index is 14.4. The van der Waals surface area contributed by atoms with E-state index in [-0.39, 0.29) is 42.8 Å². The van der Waals surface area contributed by atoms with Gasteiger partial charge in [-0.2, -0.15) is 0 Å². The number of ether oxygens (including phenoxy) is 1. The minimum atomic E-state index is -1.10. The molecule has 3 fully saturated rings. The molecule has 4 aliphatic rings. The number of allylic oxidation sites excluding steroid dienone is 2. The molecule has 218 valence electrons. The third-order valence-corrected chi connectivity index (χ3v) is 9.88. The van der Waals surface area contributed by atoms with Gasteiger partial charge in [-0.3, -0.25) is 24.1 Å². The molecule has 0 radical (unpaired) electrons. The molecule has 7 rings (SSSR count). The Morgan fingerprint density at radius 3 is 2.05 bits per heavy atom. The molecule has 4 amide bonds. The smallest absolute Gasteiger partial charge is 0.241 e. The van der Waals surface area contributed by atoms with E-state index < -0.39 is 29.1 Å². The van der Waals surface area contributed by atoms with E-state index in [0.29, 0.717) is 30.0 Å². The molecule has 1 N–H and O–H groups in total. The number of anilines is 2. The molecule has 1 saturated carbocycles. The highest BCUT2D eigenvalue weighted by Crippen LogP contribution is 2.63. The number of aliphatic hydroxyl groups excluding tert-OH is 1. The number of rotatable bonds is 6. The molecule has 0 spiro atoms.